The number of hydrogen-bond donors (Lipinski definition) is 2. The molecule has 0 fully saturated rings. The van der Waals surface area contributed by atoms with E-state index in [0.29, 0.717) is 17.9 Å². The number of ether oxygens (including phenoxy) is 2. The third kappa shape index (κ3) is 5.21. The summed E-state index contributed by atoms with van der Waals surface area (Å²) in [4.78, 5) is 12.2. The standard InChI is InChI=1S/C19H23NO6S/c1-25-15-9-8-13(12-16(15)26-2)10-11-20-19(22)18(21)14-6-4-5-7-17(14)27(3,23)24/h4-9,12,18,21H,10-11H2,1-3H3,(H,20,22). The van der Waals surface area contributed by atoms with Crippen molar-refractivity contribution in [2.45, 2.75) is 17.4 Å². The van der Waals surface area contributed by atoms with Gasteiger partial charge in [-0.1, -0.05) is 24.3 Å². The van der Waals surface area contributed by atoms with Gasteiger partial charge in [-0.2, -0.15) is 0 Å². The van der Waals surface area contributed by atoms with Crippen LogP contribution in [-0.2, 0) is 21.1 Å². The molecule has 0 aliphatic rings. The Bertz CT molecular complexity index is 910. The van der Waals surface area contributed by atoms with Crippen LogP contribution in [0.2, 0.25) is 0 Å². The fourth-order valence-corrected chi connectivity index (χ4v) is 3.58. The minimum absolute atomic E-state index is 0.0589. The summed E-state index contributed by atoms with van der Waals surface area (Å²) in [6.45, 7) is 0.270. The molecule has 1 amide bonds. The lowest BCUT2D eigenvalue weighted by Gasteiger charge is -2.15. The molecule has 0 saturated heterocycles. The predicted octanol–water partition coefficient (Wildman–Crippen LogP) is 1.50. The van der Waals surface area contributed by atoms with Crippen molar-refractivity contribution in [3.05, 3.63) is 53.6 Å². The maximum absolute atomic E-state index is 12.2. The molecule has 0 bridgehead atoms. The van der Waals surface area contributed by atoms with Crippen LogP contribution in [0.3, 0.4) is 0 Å². The fraction of sp³-hybridized carbons (Fsp3) is 0.316. The van der Waals surface area contributed by atoms with Crippen LogP contribution in [0.25, 0.3) is 0 Å². The number of amides is 1. The van der Waals surface area contributed by atoms with Gasteiger partial charge >= 0.3 is 0 Å². The Balaban J connectivity index is 2.03. The van der Waals surface area contributed by atoms with E-state index in [0.717, 1.165) is 11.8 Å². The van der Waals surface area contributed by atoms with Crippen molar-refractivity contribution < 1.29 is 27.8 Å². The first kappa shape index (κ1) is 20.7. The van der Waals surface area contributed by atoms with Gasteiger partial charge in [0.25, 0.3) is 5.91 Å². The summed E-state index contributed by atoms with van der Waals surface area (Å²) in [5.41, 5.74) is 0.975. The first-order valence-electron chi connectivity index (χ1n) is 8.23. The van der Waals surface area contributed by atoms with Crippen molar-refractivity contribution in [2.24, 2.45) is 0 Å². The molecule has 2 aromatic rings. The lowest BCUT2D eigenvalue weighted by atomic mass is 10.1. The van der Waals surface area contributed by atoms with Gasteiger partial charge in [-0.25, -0.2) is 8.42 Å². The Labute approximate surface area is 158 Å². The van der Waals surface area contributed by atoms with E-state index in [9.17, 15) is 18.3 Å². The highest BCUT2D eigenvalue weighted by Crippen LogP contribution is 2.27. The molecule has 0 spiro atoms. The fourth-order valence-electron chi connectivity index (χ4n) is 2.65. The number of nitrogens with one attached hydrogen (secondary N) is 1. The molecule has 0 aromatic heterocycles. The third-order valence-electron chi connectivity index (χ3n) is 4.02. The zero-order valence-electron chi connectivity index (χ0n) is 15.4. The number of carbonyl (C=O) groups is 1. The topological polar surface area (TPSA) is 102 Å². The second-order valence-corrected chi connectivity index (χ2v) is 7.93. The molecule has 1 atom stereocenters. The highest BCUT2D eigenvalue weighted by Gasteiger charge is 2.23. The summed E-state index contributed by atoms with van der Waals surface area (Å²) >= 11 is 0. The molecule has 1 unspecified atom stereocenters. The van der Waals surface area contributed by atoms with Gasteiger partial charge in [0.2, 0.25) is 0 Å². The largest absolute Gasteiger partial charge is 0.493 e. The molecule has 27 heavy (non-hydrogen) atoms. The molecule has 0 aliphatic carbocycles. The van der Waals surface area contributed by atoms with Gasteiger partial charge in [0.05, 0.1) is 19.1 Å². The Morgan fingerprint density at radius 3 is 2.41 bits per heavy atom. The Kier molecular flexibility index (Phi) is 6.81. The van der Waals surface area contributed by atoms with Gasteiger partial charge in [0.1, 0.15) is 0 Å². The van der Waals surface area contributed by atoms with Crippen LogP contribution in [0, 0.1) is 0 Å². The minimum atomic E-state index is -3.56. The summed E-state index contributed by atoms with van der Waals surface area (Å²) < 4.78 is 34.1. The van der Waals surface area contributed by atoms with Crippen molar-refractivity contribution in [1.82, 2.24) is 5.32 Å². The number of aliphatic hydroxyl groups is 1. The maximum Gasteiger partial charge on any atom is 0.253 e. The number of rotatable bonds is 8. The van der Waals surface area contributed by atoms with E-state index in [1.807, 2.05) is 6.07 Å². The second kappa shape index (κ2) is 8.88. The van der Waals surface area contributed by atoms with E-state index in [-0.39, 0.29) is 17.0 Å². The summed E-state index contributed by atoms with van der Waals surface area (Å²) in [5.74, 6) is 0.535. The first-order valence-corrected chi connectivity index (χ1v) is 10.1. The quantitative estimate of drug-likeness (QED) is 0.705. The lowest BCUT2D eigenvalue weighted by Crippen LogP contribution is -2.31. The molecule has 0 radical (unpaired) electrons. The highest BCUT2D eigenvalue weighted by atomic mass is 32.2. The molecule has 0 aliphatic heterocycles. The van der Waals surface area contributed by atoms with Crippen LogP contribution in [-0.4, -0.2) is 46.5 Å². The molecule has 2 rings (SSSR count). The average molecular weight is 393 g/mol. The zero-order valence-corrected chi connectivity index (χ0v) is 16.2. The van der Waals surface area contributed by atoms with Crippen molar-refractivity contribution in [3.63, 3.8) is 0 Å². The molecule has 2 aromatic carbocycles. The lowest BCUT2D eigenvalue weighted by molar-refractivity contribution is -0.129. The Hall–Kier alpha value is -2.58. The van der Waals surface area contributed by atoms with E-state index in [4.69, 9.17) is 9.47 Å². The third-order valence-corrected chi connectivity index (χ3v) is 5.19. The maximum atomic E-state index is 12.2. The smallest absolute Gasteiger partial charge is 0.253 e. The molecule has 0 saturated carbocycles. The van der Waals surface area contributed by atoms with Crippen LogP contribution in [0.4, 0.5) is 0 Å². The summed E-state index contributed by atoms with van der Waals surface area (Å²) in [5, 5.41) is 12.9. The van der Waals surface area contributed by atoms with Gasteiger partial charge in [0, 0.05) is 18.4 Å². The molecule has 2 N–H and O–H groups in total. The van der Waals surface area contributed by atoms with Crippen LogP contribution >= 0.6 is 0 Å². The number of benzene rings is 2. The molecule has 146 valence electrons. The van der Waals surface area contributed by atoms with E-state index in [1.54, 1.807) is 38.5 Å². The Morgan fingerprint density at radius 1 is 1.11 bits per heavy atom. The van der Waals surface area contributed by atoms with E-state index in [1.165, 1.54) is 12.1 Å². The van der Waals surface area contributed by atoms with Gasteiger partial charge < -0.3 is 19.9 Å². The molecule has 0 heterocycles. The van der Waals surface area contributed by atoms with E-state index < -0.39 is 21.8 Å². The minimum Gasteiger partial charge on any atom is -0.493 e. The van der Waals surface area contributed by atoms with Crippen LogP contribution < -0.4 is 14.8 Å². The van der Waals surface area contributed by atoms with Gasteiger partial charge in [-0.15, -0.1) is 0 Å². The monoisotopic (exact) mass is 393 g/mol. The highest BCUT2D eigenvalue weighted by molar-refractivity contribution is 7.90. The van der Waals surface area contributed by atoms with Crippen LogP contribution in [0.5, 0.6) is 11.5 Å². The summed E-state index contributed by atoms with van der Waals surface area (Å²) in [6.07, 6.45) is -0.0265. The number of sulfone groups is 1. The number of hydrogen-bond acceptors (Lipinski definition) is 6. The predicted molar refractivity (Wildman–Crippen MR) is 101 cm³/mol. The molecular weight excluding hydrogens is 370 g/mol. The number of carbonyl (C=O) groups excluding carboxylic acids is 1. The second-order valence-electron chi connectivity index (χ2n) is 5.94. The van der Waals surface area contributed by atoms with Crippen LogP contribution in [0.1, 0.15) is 17.2 Å². The van der Waals surface area contributed by atoms with Crippen LogP contribution in [0.15, 0.2) is 47.4 Å². The number of aliphatic hydroxyl groups excluding tert-OH is 1. The molecule has 8 heteroatoms. The molecular formula is C19H23NO6S. The van der Waals surface area contributed by atoms with Gasteiger partial charge in [-0.05, 0) is 30.2 Å². The van der Waals surface area contributed by atoms with Crippen molar-refractivity contribution in [2.75, 3.05) is 27.0 Å². The summed E-state index contributed by atoms with van der Waals surface area (Å²) in [6, 6.07) is 11.3. The normalized spacial score (nSPS) is 12.3. The number of methoxy groups -OCH3 is 2. The van der Waals surface area contributed by atoms with Crippen molar-refractivity contribution in [3.8, 4) is 11.5 Å². The van der Waals surface area contributed by atoms with Gasteiger partial charge in [0.15, 0.2) is 27.4 Å². The van der Waals surface area contributed by atoms with E-state index in [2.05, 4.69) is 5.32 Å². The van der Waals surface area contributed by atoms with Crippen molar-refractivity contribution >= 4 is 15.7 Å². The Morgan fingerprint density at radius 2 is 1.78 bits per heavy atom. The zero-order chi connectivity index (χ0) is 20.0. The van der Waals surface area contributed by atoms with E-state index >= 15 is 0 Å². The summed E-state index contributed by atoms with van der Waals surface area (Å²) in [7, 11) is -0.466. The molecule has 7 nitrogen and oxygen atoms in total. The first-order chi connectivity index (χ1) is 12.8. The SMILES string of the molecule is COc1ccc(CCNC(=O)C(O)c2ccccc2S(C)(=O)=O)cc1OC. The van der Waals surface area contributed by atoms with Gasteiger partial charge in [-0.3, -0.25) is 4.79 Å². The average Bonchev–Trinajstić information content (AvgIpc) is 2.66. The van der Waals surface area contributed by atoms with Crippen molar-refractivity contribution in [1.29, 1.82) is 0 Å².